The Morgan fingerprint density at radius 2 is 2.26 bits per heavy atom. The number of aliphatic hydroxyl groups excluding tert-OH is 1. The lowest BCUT2D eigenvalue weighted by molar-refractivity contribution is -0.0934. The summed E-state index contributed by atoms with van der Waals surface area (Å²) in [6.45, 7) is 4.01. The SMILES string of the molecule is CC.NC[C@@]1(CO)CCC(n2ccc(=O)[nH]c2=O)O1. The van der Waals surface area contributed by atoms with Crippen LogP contribution in [0.2, 0.25) is 0 Å². The van der Waals surface area contributed by atoms with Crippen LogP contribution in [0.3, 0.4) is 0 Å². The molecule has 1 saturated heterocycles. The van der Waals surface area contributed by atoms with Crippen molar-refractivity contribution >= 4 is 0 Å². The summed E-state index contributed by atoms with van der Waals surface area (Å²) < 4.78 is 6.92. The van der Waals surface area contributed by atoms with Gasteiger partial charge in [-0.25, -0.2) is 4.79 Å². The van der Waals surface area contributed by atoms with Crippen LogP contribution in [0.25, 0.3) is 0 Å². The van der Waals surface area contributed by atoms with Gasteiger partial charge in [0.2, 0.25) is 0 Å². The second kappa shape index (κ2) is 6.65. The molecule has 1 aliphatic rings. The van der Waals surface area contributed by atoms with Gasteiger partial charge in [-0.15, -0.1) is 0 Å². The minimum absolute atomic E-state index is 0.182. The van der Waals surface area contributed by atoms with Gasteiger partial charge in [0.15, 0.2) is 0 Å². The molecule has 0 amide bonds. The Morgan fingerprint density at radius 3 is 2.74 bits per heavy atom. The van der Waals surface area contributed by atoms with E-state index in [1.807, 2.05) is 13.8 Å². The summed E-state index contributed by atoms with van der Waals surface area (Å²) in [4.78, 5) is 24.6. The number of aliphatic hydroxyl groups is 1. The predicted molar refractivity (Wildman–Crippen MR) is 70.9 cm³/mol. The van der Waals surface area contributed by atoms with E-state index in [-0.39, 0.29) is 13.2 Å². The molecule has 0 spiro atoms. The van der Waals surface area contributed by atoms with Crippen molar-refractivity contribution in [1.29, 1.82) is 0 Å². The minimum Gasteiger partial charge on any atom is -0.393 e. The standard InChI is InChI=1S/C10H15N3O4.C2H6/c11-5-10(6-14)3-1-8(17-10)13-4-2-7(15)12-9(13)16;1-2/h2,4,8,14H,1,3,5-6,11H2,(H,12,15,16);1-2H3/t8?,10-;/m1./s1. The highest BCUT2D eigenvalue weighted by atomic mass is 16.5. The highest BCUT2D eigenvalue weighted by Gasteiger charge is 2.39. The van der Waals surface area contributed by atoms with Crippen LogP contribution in [-0.4, -0.2) is 33.4 Å². The second-order valence-electron chi connectivity index (χ2n) is 4.17. The normalized spacial score (nSPS) is 25.8. The summed E-state index contributed by atoms with van der Waals surface area (Å²) >= 11 is 0. The lowest BCUT2D eigenvalue weighted by Gasteiger charge is -2.25. The number of hydrogen-bond acceptors (Lipinski definition) is 5. The second-order valence-corrected chi connectivity index (χ2v) is 4.17. The molecule has 108 valence electrons. The monoisotopic (exact) mass is 271 g/mol. The molecule has 7 heteroatoms. The van der Waals surface area contributed by atoms with Crippen molar-refractivity contribution in [2.24, 2.45) is 5.73 Å². The van der Waals surface area contributed by atoms with Gasteiger partial charge in [0.25, 0.3) is 5.56 Å². The molecule has 19 heavy (non-hydrogen) atoms. The summed E-state index contributed by atoms with van der Waals surface area (Å²) in [7, 11) is 0. The molecule has 7 nitrogen and oxygen atoms in total. The molecule has 0 saturated carbocycles. The highest BCUT2D eigenvalue weighted by Crippen LogP contribution is 2.34. The Kier molecular flexibility index (Phi) is 5.46. The van der Waals surface area contributed by atoms with Crippen molar-refractivity contribution in [3.63, 3.8) is 0 Å². The van der Waals surface area contributed by atoms with E-state index < -0.39 is 23.1 Å². The van der Waals surface area contributed by atoms with Crippen molar-refractivity contribution in [2.75, 3.05) is 13.2 Å². The van der Waals surface area contributed by atoms with Gasteiger partial charge in [0.1, 0.15) is 11.8 Å². The fraction of sp³-hybridized carbons (Fsp3) is 0.667. The molecule has 1 aliphatic heterocycles. The number of ether oxygens (including phenoxy) is 1. The Balaban J connectivity index is 0.000000861. The molecule has 0 radical (unpaired) electrons. The molecule has 2 rings (SSSR count). The zero-order valence-electron chi connectivity index (χ0n) is 11.3. The van der Waals surface area contributed by atoms with E-state index in [0.717, 1.165) is 0 Å². The first kappa shape index (κ1) is 15.6. The Hall–Kier alpha value is -1.44. The summed E-state index contributed by atoms with van der Waals surface area (Å²) in [6, 6.07) is 1.26. The molecule has 0 aromatic carbocycles. The van der Waals surface area contributed by atoms with Gasteiger partial charge in [0.05, 0.1) is 6.61 Å². The smallest absolute Gasteiger partial charge is 0.330 e. The molecule has 1 fully saturated rings. The van der Waals surface area contributed by atoms with E-state index in [9.17, 15) is 14.7 Å². The summed E-state index contributed by atoms with van der Waals surface area (Å²) in [6.07, 6.45) is 2.05. The number of aromatic nitrogens is 2. The predicted octanol–water partition coefficient (Wildman–Crippen LogP) is -0.438. The highest BCUT2D eigenvalue weighted by molar-refractivity contribution is 4.91. The van der Waals surface area contributed by atoms with Crippen LogP contribution >= 0.6 is 0 Å². The van der Waals surface area contributed by atoms with Crippen LogP contribution in [0.5, 0.6) is 0 Å². The van der Waals surface area contributed by atoms with Gasteiger partial charge in [0, 0.05) is 18.8 Å². The van der Waals surface area contributed by atoms with Crippen molar-refractivity contribution in [2.45, 2.75) is 38.5 Å². The summed E-state index contributed by atoms with van der Waals surface area (Å²) in [5, 5.41) is 9.24. The zero-order valence-corrected chi connectivity index (χ0v) is 11.3. The van der Waals surface area contributed by atoms with Crippen LogP contribution in [0.4, 0.5) is 0 Å². The van der Waals surface area contributed by atoms with E-state index in [1.54, 1.807) is 0 Å². The number of nitrogens with zero attached hydrogens (tertiary/aromatic N) is 1. The third kappa shape index (κ3) is 3.31. The van der Waals surface area contributed by atoms with E-state index in [2.05, 4.69) is 4.98 Å². The number of aromatic amines is 1. The number of hydrogen-bond donors (Lipinski definition) is 3. The molecule has 1 aromatic heterocycles. The largest absolute Gasteiger partial charge is 0.393 e. The maximum absolute atomic E-state index is 11.5. The first-order valence-corrected chi connectivity index (χ1v) is 6.40. The number of nitrogens with two attached hydrogens (primary N) is 1. The van der Waals surface area contributed by atoms with Crippen molar-refractivity contribution < 1.29 is 9.84 Å². The molecule has 2 atom stereocenters. The van der Waals surface area contributed by atoms with Crippen molar-refractivity contribution in [3.8, 4) is 0 Å². The maximum atomic E-state index is 11.5. The average molecular weight is 271 g/mol. The molecule has 4 N–H and O–H groups in total. The molecule has 0 bridgehead atoms. The van der Waals surface area contributed by atoms with Crippen LogP contribution < -0.4 is 17.0 Å². The van der Waals surface area contributed by atoms with Crippen LogP contribution in [0.15, 0.2) is 21.9 Å². The molecular weight excluding hydrogens is 250 g/mol. The lowest BCUT2D eigenvalue weighted by atomic mass is 10.0. The van der Waals surface area contributed by atoms with Gasteiger partial charge in [-0.2, -0.15) is 0 Å². The van der Waals surface area contributed by atoms with Gasteiger partial charge < -0.3 is 15.6 Å². The van der Waals surface area contributed by atoms with Crippen LogP contribution in [0.1, 0.15) is 32.9 Å². The number of H-pyrrole nitrogens is 1. The first-order valence-electron chi connectivity index (χ1n) is 6.40. The molecule has 2 heterocycles. The fourth-order valence-electron chi connectivity index (χ4n) is 1.97. The van der Waals surface area contributed by atoms with E-state index in [4.69, 9.17) is 10.5 Å². The van der Waals surface area contributed by atoms with Crippen LogP contribution in [0, 0.1) is 0 Å². The zero-order chi connectivity index (χ0) is 14.5. The molecule has 1 aromatic rings. The van der Waals surface area contributed by atoms with Crippen molar-refractivity contribution in [3.05, 3.63) is 33.1 Å². The molecule has 0 aliphatic carbocycles. The van der Waals surface area contributed by atoms with E-state index in [0.29, 0.717) is 12.8 Å². The molecular formula is C12H21N3O4. The summed E-state index contributed by atoms with van der Waals surface area (Å²) in [5.41, 5.74) is 3.81. The van der Waals surface area contributed by atoms with E-state index in [1.165, 1.54) is 16.8 Å². The first-order chi connectivity index (χ1) is 9.10. The Labute approximate surface area is 111 Å². The quantitative estimate of drug-likeness (QED) is 0.690. The lowest BCUT2D eigenvalue weighted by Crippen LogP contribution is -2.42. The summed E-state index contributed by atoms with van der Waals surface area (Å²) in [5.74, 6) is 0. The van der Waals surface area contributed by atoms with Crippen molar-refractivity contribution in [1.82, 2.24) is 9.55 Å². The number of nitrogens with one attached hydrogen (secondary N) is 1. The van der Waals surface area contributed by atoms with Gasteiger partial charge in [-0.1, -0.05) is 13.8 Å². The fourth-order valence-corrected chi connectivity index (χ4v) is 1.97. The maximum Gasteiger partial charge on any atom is 0.330 e. The minimum atomic E-state index is -0.778. The number of rotatable bonds is 3. The topological polar surface area (TPSA) is 110 Å². The van der Waals surface area contributed by atoms with E-state index >= 15 is 0 Å². The van der Waals surface area contributed by atoms with Gasteiger partial charge in [-0.3, -0.25) is 14.3 Å². The Morgan fingerprint density at radius 1 is 1.58 bits per heavy atom. The molecule has 1 unspecified atom stereocenters. The average Bonchev–Trinajstić information content (AvgIpc) is 2.86. The third-order valence-corrected chi connectivity index (χ3v) is 3.05. The third-order valence-electron chi connectivity index (χ3n) is 3.05. The van der Waals surface area contributed by atoms with Gasteiger partial charge >= 0.3 is 5.69 Å². The Bertz CT molecular complexity index is 504. The van der Waals surface area contributed by atoms with Crippen LogP contribution in [-0.2, 0) is 4.74 Å². The van der Waals surface area contributed by atoms with Gasteiger partial charge in [-0.05, 0) is 12.8 Å².